The van der Waals surface area contributed by atoms with Gasteiger partial charge in [0.15, 0.2) is 11.5 Å². The van der Waals surface area contributed by atoms with Crippen LogP contribution >= 0.6 is 0 Å². The third-order valence-corrected chi connectivity index (χ3v) is 4.29. The van der Waals surface area contributed by atoms with Crippen molar-refractivity contribution in [3.05, 3.63) is 59.2 Å². The number of carbonyl (C=O) groups excluding carboxylic acids is 1. The molecule has 0 aliphatic carbocycles. The van der Waals surface area contributed by atoms with E-state index in [4.69, 9.17) is 18.9 Å². The van der Waals surface area contributed by atoms with Gasteiger partial charge in [-0.3, -0.25) is 4.79 Å². The lowest BCUT2D eigenvalue weighted by atomic mass is 10.0. The molecule has 0 unspecified atom stereocenters. The predicted octanol–water partition coefficient (Wildman–Crippen LogP) is 3.58. The Morgan fingerprint density at radius 1 is 1.10 bits per heavy atom. The summed E-state index contributed by atoms with van der Waals surface area (Å²) < 4.78 is 21.3. The van der Waals surface area contributed by atoms with Crippen LogP contribution in [0.15, 0.2) is 53.6 Å². The normalized spacial score (nSPS) is 12.6. The molecule has 0 atom stereocenters. The molecule has 148 valence electrons. The summed E-state index contributed by atoms with van der Waals surface area (Å²) in [5, 5.41) is 12.1. The van der Waals surface area contributed by atoms with Gasteiger partial charge in [-0.25, -0.2) is 0 Å². The summed E-state index contributed by atoms with van der Waals surface area (Å²) >= 11 is 0. The predicted molar refractivity (Wildman–Crippen MR) is 108 cm³/mol. The van der Waals surface area contributed by atoms with Crippen molar-refractivity contribution >= 4 is 17.7 Å². The number of hydrogen-bond acceptors (Lipinski definition) is 6. The van der Waals surface area contributed by atoms with Gasteiger partial charge >= 0.3 is 0 Å². The van der Waals surface area contributed by atoms with E-state index in [0.717, 1.165) is 5.56 Å². The summed E-state index contributed by atoms with van der Waals surface area (Å²) in [5.41, 5.74) is 2.01. The van der Waals surface area contributed by atoms with E-state index in [-0.39, 0.29) is 12.2 Å². The van der Waals surface area contributed by atoms with Crippen molar-refractivity contribution in [3.63, 3.8) is 0 Å². The quantitative estimate of drug-likeness (QED) is 0.597. The van der Waals surface area contributed by atoms with Crippen molar-refractivity contribution in [1.29, 1.82) is 5.26 Å². The number of fused-ring (bicyclic) bond motifs is 1. The van der Waals surface area contributed by atoms with Gasteiger partial charge in [0, 0.05) is 23.4 Å². The molecule has 0 fully saturated rings. The van der Waals surface area contributed by atoms with Gasteiger partial charge in [0.25, 0.3) is 5.91 Å². The fraction of sp³-hybridized carbons (Fsp3) is 0.182. The van der Waals surface area contributed by atoms with Crippen molar-refractivity contribution in [2.75, 3.05) is 33.3 Å². The van der Waals surface area contributed by atoms with E-state index in [1.54, 1.807) is 31.4 Å². The molecule has 1 heterocycles. The van der Waals surface area contributed by atoms with Crippen LogP contribution in [-0.2, 0) is 4.79 Å². The summed E-state index contributed by atoms with van der Waals surface area (Å²) in [6, 6.07) is 12.4. The van der Waals surface area contributed by atoms with Gasteiger partial charge in [0.2, 0.25) is 0 Å². The zero-order valence-electron chi connectivity index (χ0n) is 16.3. The first-order valence-corrected chi connectivity index (χ1v) is 8.74. The molecule has 0 bridgehead atoms. The van der Waals surface area contributed by atoms with Gasteiger partial charge < -0.3 is 24.3 Å². The second kappa shape index (κ2) is 8.85. The standard InChI is InChI=1S/C22H20N2O5/c1-26-18-6-4-15-8-14(13-29-20(15)11-18)9-16(12-23)22(25)24-17-5-7-19(27-2)21(10-17)28-3/h4-11H,13H2,1-3H3,(H,24,25)/b16-9+. The molecular formula is C22H20N2O5. The Balaban J connectivity index is 1.80. The zero-order valence-corrected chi connectivity index (χ0v) is 16.3. The molecule has 0 aromatic heterocycles. The lowest BCUT2D eigenvalue weighted by Crippen LogP contribution is -2.15. The third kappa shape index (κ3) is 4.50. The van der Waals surface area contributed by atoms with Gasteiger partial charge in [0.05, 0.1) is 21.3 Å². The van der Waals surface area contributed by atoms with Crippen LogP contribution in [0.5, 0.6) is 23.0 Å². The molecule has 0 radical (unpaired) electrons. The van der Waals surface area contributed by atoms with Crippen LogP contribution in [-0.4, -0.2) is 33.8 Å². The molecule has 3 rings (SSSR count). The highest BCUT2D eigenvalue weighted by atomic mass is 16.5. The minimum atomic E-state index is -0.527. The average Bonchev–Trinajstić information content (AvgIpc) is 2.76. The zero-order chi connectivity index (χ0) is 20.8. The minimum Gasteiger partial charge on any atom is -0.497 e. The molecule has 2 aromatic carbocycles. The monoisotopic (exact) mass is 392 g/mol. The number of nitriles is 1. The van der Waals surface area contributed by atoms with Gasteiger partial charge in [-0.2, -0.15) is 5.26 Å². The fourth-order valence-electron chi connectivity index (χ4n) is 2.82. The SMILES string of the molecule is COc1ccc2c(c1)OCC(/C=C(\C#N)C(=O)Nc1ccc(OC)c(OC)c1)=C2. The first-order chi connectivity index (χ1) is 14.1. The van der Waals surface area contributed by atoms with Crippen LogP contribution in [0.1, 0.15) is 5.56 Å². The number of ether oxygens (including phenoxy) is 4. The second-order valence-electron chi connectivity index (χ2n) is 6.11. The number of rotatable bonds is 6. The number of anilines is 1. The van der Waals surface area contributed by atoms with E-state index in [1.807, 2.05) is 24.3 Å². The molecular weight excluding hydrogens is 372 g/mol. The highest BCUT2D eigenvalue weighted by Crippen LogP contribution is 2.31. The Morgan fingerprint density at radius 2 is 1.90 bits per heavy atom. The van der Waals surface area contributed by atoms with E-state index in [0.29, 0.717) is 34.3 Å². The molecule has 7 nitrogen and oxygen atoms in total. The summed E-state index contributed by atoms with van der Waals surface area (Å²) in [6.07, 6.45) is 3.39. The molecule has 29 heavy (non-hydrogen) atoms. The molecule has 1 aliphatic rings. The van der Waals surface area contributed by atoms with E-state index in [1.165, 1.54) is 20.3 Å². The van der Waals surface area contributed by atoms with Crippen molar-refractivity contribution in [3.8, 4) is 29.1 Å². The number of carbonyl (C=O) groups is 1. The Labute approximate surface area is 168 Å². The summed E-state index contributed by atoms with van der Waals surface area (Å²) in [7, 11) is 4.62. The molecule has 0 saturated carbocycles. The molecule has 2 aromatic rings. The van der Waals surface area contributed by atoms with Crippen molar-refractivity contribution < 1.29 is 23.7 Å². The van der Waals surface area contributed by atoms with Gasteiger partial charge in [-0.1, -0.05) is 0 Å². The molecule has 1 amide bonds. The number of amides is 1. The van der Waals surface area contributed by atoms with Crippen LogP contribution in [0.25, 0.3) is 6.08 Å². The molecule has 7 heteroatoms. The Morgan fingerprint density at radius 3 is 2.59 bits per heavy atom. The maximum absolute atomic E-state index is 12.5. The van der Waals surface area contributed by atoms with Crippen LogP contribution in [0.3, 0.4) is 0 Å². The number of hydrogen-bond donors (Lipinski definition) is 1. The number of methoxy groups -OCH3 is 3. The number of nitrogens with zero attached hydrogens (tertiary/aromatic N) is 1. The Bertz CT molecular complexity index is 1030. The van der Waals surface area contributed by atoms with Crippen LogP contribution in [0.2, 0.25) is 0 Å². The lowest BCUT2D eigenvalue weighted by molar-refractivity contribution is -0.112. The third-order valence-electron chi connectivity index (χ3n) is 4.29. The van der Waals surface area contributed by atoms with Crippen LogP contribution < -0.4 is 24.3 Å². The largest absolute Gasteiger partial charge is 0.497 e. The van der Waals surface area contributed by atoms with E-state index < -0.39 is 5.91 Å². The second-order valence-corrected chi connectivity index (χ2v) is 6.11. The number of benzene rings is 2. The molecule has 0 saturated heterocycles. The first kappa shape index (κ1) is 19.8. The minimum absolute atomic E-state index is 0.0356. The average molecular weight is 392 g/mol. The summed E-state index contributed by atoms with van der Waals surface area (Å²) in [5.74, 6) is 1.88. The molecule has 1 N–H and O–H groups in total. The summed E-state index contributed by atoms with van der Waals surface area (Å²) in [4.78, 5) is 12.5. The Hall–Kier alpha value is -3.92. The molecule has 1 aliphatic heterocycles. The highest BCUT2D eigenvalue weighted by molar-refractivity contribution is 6.07. The number of nitrogens with one attached hydrogen (secondary N) is 1. The maximum atomic E-state index is 12.5. The lowest BCUT2D eigenvalue weighted by Gasteiger charge is -2.17. The van der Waals surface area contributed by atoms with Gasteiger partial charge in [0.1, 0.15) is 29.7 Å². The van der Waals surface area contributed by atoms with Crippen molar-refractivity contribution in [1.82, 2.24) is 0 Å². The van der Waals surface area contributed by atoms with Crippen LogP contribution in [0, 0.1) is 11.3 Å². The summed E-state index contributed by atoms with van der Waals surface area (Å²) in [6.45, 7) is 0.245. The fourth-order valence-corrected chi connectivity index (χ4v) is 2.82. The van der Waals surface area contributed by atoms with Gasteiger partial charge in [-0.15, -0.1) is 0 Å². The van der Waals surface area contributed by atoms with Crippen molar-refractivity contribution in [2.45, 2.75) is 0 Å². The maximum Gasteiger partial charge on any atom is 0.266 e. The van der Waals surface area contributed by atoms with E-state index >= 15 is 0 Å². The smallest absolute Gasteiger partial charge is 0.266 e. The first-order valence-electron chi connectivity index (χ1n) is 8.74. The topological polar surface area (TPSA) is 89.8 Å². The van der Waals surface area contributed by atoms with E-state index in [9.17, 15) is 10.1 Å². The highest BCUT2D eigenvalue weighted by Gasteiger charge is 2.15. The van der Waals surface area contributed by atoms with Crippen molar-refractivity contribution in [2.24, 2.45) is 0 Å². The van der Waals surface area contributed by atoms with Crippen LogP contribution in [0.4, 0.5) is 5.69 Å². The van der Waals surface area contributed by atoms with Gasteiger partial charge in [-0.05, 0) is 42.0 Å². The van der Waals surface area contributed by atoms with E-state index in [2.05, 4.69) is 5.32 Å². The Kier molecular flexibility index (Phi) is 6.05. The molecule has 0 spiro atoms.